The van der Waals surface area contributed by atoms with E-state index in [1.54, 1.807) is 13.2 Å². The first-order valence-corrected chi connectivity index (χ1v) is 12.2. The maximum atomic E-state index is 13.0. The van der Waals surface area contributed by atoms with E-state index in [0.717, 1.165) is 41.2 Å². The SMILES string of the molecule is COc1ccc(CCn2c(C)cc(C(=O)CSc3nnc(-c4ccc5c(c4)OCO5)o3)c2C)cc1. The normalized spacial score (nSPS) is 12.2. The van der Waals surface area contributed by atoms with E-state index < -0.39 is 0 Å². The highest BCUT2D eigenvalue weighted by molar-refractivity contribution is 7.99. The van der Waals surface area contributed by atoms with Crippen molar-refractivity contribution in [1.29, 1.82) is 0 Å². The van der Waals surface area contributed by atoms with Gasteiger partial charge < -0.3 is 23.2 Å². The average Bonchev–Trinajstić information content (AvgIpc) is 3.60. The van der Waals surface area contributed by atoms with Crippen LogP contribution in [0.3, 0.4) is 0 Å². The third-order valence-electron chi connectivity index (χ3n) is 6.01. The Bertz CT molecular complexity index is 1360. The Morgan fingerprint density at radius 2 is 1.86 bits per heavy atom. The molecular formula is C26H25N3O5S. The molecule has 3 heterocycles. The molecule has 1 aliphatic heterocycles. The van der Waals surface area contributed by atoms with Crippen molar-refractivity contribution in [3.63, 3.8) is 0 Å². The minimum Gasteiger partial charge on any atom is -0.497 e. The van der Waals surface area contributed by atoms with Crippen molar-refractivity contribution in [2.24, 2.45) is 0 Å². The molecule has 0 aliphatic carbocycles. The van der Waals surface area contributed by atoms with Gasteiger partial charge in [0.05, 0.1) is 12.9 Å². The molecule has 0 unspecified atom stereocenters. The lowest BCUT2D eigenvalue weighted by molar-refractivity contribution is 0.102. The molecule has 0 spiro atoms. The van der Waals surface area contributed by atoms with Gasteiger partial charge in [0.1, 0.15) is 5.75 Å². The first-order valence-electron chi connectivity index (χ1n) is 11.2. The molecule has 0 bridgehead atoms. The number of hydrogen-bond acceptors (Lipinski definition) is 8. The van der Waals surface area contributed by atoms with Crippen LogP contribution in [0.1, 0.15) is 27.3 Å². The Balaban J connectivity index is 1.21. The molecule has 2 aromatic carbocycles. The number of rotatable bonds is 9. The number of fused-ring (bicyclic) bond motifs is 1. The van der Waals surface area contributed by atoms with Crippen molar-refractivity contribution >= 4 is 17.5 Å². The lowest BCUT2D eigenvalue weighted by atomic mass is 10.1. The summed E-state index contributed by atoms with van der Waals surface area (Å²) in [7, 11) is 1.66. The molecule has 9 heteroatoms. The molecule has 0 amide bonds. The Labute approximate surface area is 207 Å². The molecule has 180 valence electrons. The maximum Gasteiger partial charge on any atom is 0.277 e. The first-order chi connectivity index (χ1) is 17.0. The molecule has 0 saturated carbocycles. The van der Waals surface area contributed by atoms with E-state index in [4.69, 9.17) is 18.6 Å². The Morgan fingerprint density at radius 1 is 1.06 bits per heavy atom. The molecule has 2 aromatic heterocycles. The predicted octanol–water partition coefficient (Wildman–Crippen LogP) is 5.11. The van der Waals surface area contributed by atoms with Crippen LogP contribution in [-0.4, -0.2) is 40.2 Å². The Hall–Kier alpha value is -3.72. The standard InChI is InChI=1S/C26H25N3O5S/c1-16-12-21(17(2)29(16)11-10-18-4-7-20(31-3)8-5-18)22(30)14-35-26-28-27-25(34-26)19-6-9-23-24(13-19)33-15-32-23/h4-9,12-13H,10-11,14-15H2,1-3H3. The smallest absolute Gasteiger partial charge is 0.277 e. The van der Waals surface area contributed by atoms with Crippen molar-refractivity contribution in [2.45, 2.75) is 32.0 Å². The number of ketones is 1. The van der Waals surface area contributed by atoms with E-state index in [2.05, 4.69) is 26.9 Å². The summed E-state index contributed by atoms with van der Waals surface area (Å²) in [5.74, 6) is 2.79. The zero-order valence-electron chi connectivity index (χ0n) is 19.7. The first kappa shape index (κ1) is 23.0. The minimum absolute atomic E-state index is 0.0293. The van der Waals surface area contributed by atoms with Crippen LogP contribution in [0.15, 0.2) is 58.2 Å². The Morgan fingerprint density at radius 3 is 2.66 bits per heavy atom. The molecule has 0 atom stereocenters. The largest absolute Gasteiger partial charge is 0.497 e. The number of hydrogen-bond donors (Lipinski definition) is 0. The van der Waals surface area contributed by atoms with Gasteiger partial charge in [-0.25, -0.2) is 0 Å². The van der Waals surface area contributed by atoms with Crippen molar-refractivity contribution in [1.82, 2.24) is 14.8 Å². The summed E-state index contributed by atoms with van der Waals surface area (Å²) in [6.07, 6.45) is 0.868. The van der Waals surface area contributed by atoms with Crippen LogP contribution in [0.25, 0.3) is 11.5 Å². The Kier molecular flexibility index (Phi) is 6.50. The second-order valence-electron chi connectivity index (χ2n) is 8.19. The number of carbonyl (C=O) groups excluding carboxylic acids is 1. The average molecular weight is 492 g/mol. The topological polar surface area (TPSA) is 88.6 Å². The van der Waals surface area contributed by atoms with Crippen molar-refractivity contribution < 1.29 is 23.4 Å². The highest BCUT2D eigenvalue weighted by Gasteiger charge is 2.19. The van der Waals surface area contributed by atoms with Crippen LogP contribution in [0.2, 0.25) is 0 Å². The summed E-state index contributed by atoms with van der Waals surface area (Å²) in [4.78, 5) is 13.0. The summed E-state index contributed by atoms with van der Waals surface area (Å²) < 4.78 is 23.9. The van der Waals surface area contributed by atoms with Gasteiger partial charge in [-0.15, -0.1) is 10.2 Å². The summed E-state index contributed by atoms with van der Waals surface area (Å²) in [6.45, 7) is 5.02. The van der Waals surface area contributed by atoms with Crippen LogP contribution >= 0.6 is 11.8 Å². The molecule has 5 rings (SSSR count). The number of aryl methyl sites for hydroxylation is 2. The molecule has 8 nitrogen and oxygen atoms in total. The van der Waals surface area contributed by atoms with Crippen molar-refractivity contribution in [3.05, 3.63) is 71.0 Å². The number of Topliss-reactive ketones (excluding diaryl/α,β-unsaturated/α-hetero) is 1. The van der Waals surface area contributed by atoms with Crippen molar-refractivity contribution in [3.8, 4) is 28.7 Å². The second-order valence-corrected chi connectivity index (χ2v) is 9.11. The van der Waals surface area contributed by atoms with Crippen LogP contribution in [-0.2, 0) is 13.0 Å². The molecule has 4 aromatic rings. The van der Waals surface area contributed by atoms with E-state index in [-0.39, 0.29) is 18.3 Å². The van der Waals surface area contributed by atoms with E-state index in [1.807, 2.05) is 44.2 Å². The zero-order chi connectivity index (χ0) is 24.4. The van der Waals surface area contributed by atoms with Gasteiger partial charge in [-0.1, -0.05) is 23.9 Å². The summed E-state index contributed by atoms with van der Waals surface area (Å²) in [5.41, 5.74) is 4.71. The number of methoxy groups -OCH3 is 1. The van der Waals surface area contributed by atoms with Crippen molar-refractivity contribution in [2.75, 3.05) is 19.7 Å². The molecular weight excluding hydrogens is 466 g/mol. The van der Waals surface area contributed by atoms with Gasteiger partial charge in [0, 0.05) is 29.1 Å². The molecule has 0 fully saturated rings. The lowest BCUT2D eigenvalue weighted by Gasteiger charge is -2.10. The number of aromatic nitrogens is 3. The summed E-state index contributed by atoms with van der Waals surface area (Å²) >= 11 is 1.23. The lowest BCUT2D eigenvalue weighted by Crippen LogP contribution is -2.08. The molecule has 35 heavy (non-hydrogen) atoms. The maximum absolute atomic E-state index is 13.0. The van der Waals surface area contributed by atoms with Crippen LogP contribution in [0, 0.1) is 13.8 Å². The quantitative estimate of drug-likeness (QED) is 0.236. The second kappa shape index (κ2) is 9.87. The van der Waals surface area contributed by atoms with Gasteiger partial charge >= 0.3 is 0 Å². The van der Waals surface area contributed by atoms with Gasteiger partial charge in [0.2, 0.25) is 12.7 Å². The molecule has 0 saturated heterocycles. The highest BCUT2D eigenvalue weighted by atomic mass is 32.2. The van der Waals surface area contributed by atoms with Gasteiger partial charge in [0.25, 0.3) is 5.22 Å². The van der Waals surface area contributed by atoms with Crippen LogP contribution in [0.5, 0.6) is 17.2 Å². The van der Waals surface area contributed by atoms with E-state index in [0.29, 0.717) is 22.6 Å². The van der Waals surface area contributed by atoms with E-state index in [9.17, 15) is 4.79 Å². The molecule has 0 N–H and O–H groups in total. The van der Waals surface area contributed by atoms with E-state index >= 15 is 0 Å². The third-order valence-corrected chi connectivity index (χ3v) is 6.83. The number of thioether (sulfide) groups is 1. The fourth-order valence-corrected chi connectivity index (χ4v) is 4.73. The number of carbonyl (C=O) groups is 1. The predicted molar refractivity (Wildman–Crippen MR) is 132 cm³/mol. The minimum atomic E-state index is 0.0293. The van der Waals surface area contributed by atoms with E-state index in [1.165, 1.54) is 17.3 Å². The fourth-order valence-electron chi connectivity index (χ4n) is 4.08. The fraction of sp³-hybridized carbons (Fsp3) is 0.269. The van der Waals surface area contributed by atoms with Crippen LogP contribution < -0.4 is 14.2 Å². The van der Waals surface area contributed by atoms with Gasteiger partial charge in [-0.2, -0.15) is 0 Å². The number of nitrogens with zero attached hydrogens (tertiary/aromatic N) is 3. The zero-order valence-corrected chi connectivity index (χ0v) is 20.6. The number of ether oxygens (including phenoxy) is 3. The van der Waals surface area contributed by atoms with Crippen LogP contribution in [0.4, 0.5) is 0 Å². The van der Waals surface area contributed by atoms with Gasteiger partial charge in [-0.05, 0) is 62.2 Å². The molecule has 0 radical (unpaired) electrons. The summed E-state index contributed by atoms with van der Waals surface area (Å²) in [6, 6.07) is 15.5. The van der Waals surface area contributed by atoms with Gasteiger partial charge in [0.15, 0.2) is 17.3 Å². The monoisotopic (exact) mass is 491 g/mol. The van der Waals surface area contributed by atoms with Gasteiger partial charge in [-0.3, -0.25) is 4.79 Å². The highest BCUT2D eigenvalue weighted by Crippen LogP contribution is 2.36. The number of benzene rings is 2. The summed E-state index contributed by atoms with van der Waals surface area (Å²) in [5, 5.41) is 8.53. The third kappa shape index (κ3) is 4.90. The molecule has 1 aliphatic rings.